The van der Waals surface area contributed by atoms with Crippen molar-refractivity contribution in [2.45, 2.75) is 40.5 Å². The summed E-state index contributed by atoms with van der Waals surface area (Å²) in [7, 11) is 0. The van der Waals surface area contributed by atoms with Crippen molar-refractivity contribution in [2.24, 2.45) is 11.8 Å². The molecule has 0 heterocycles. The van der Waals surface area contributed by atoms with Gasteiger partial charge in [-0.25, -0.2) is 0 Å². The van der Waals surface area contributed by atoms with Gasteiger partial charge < -0.3 is 5.32 Å². The third-order valence-electron chi connectivity index (χ3n) is 3.55. The second-order valence-electron chi connectivity index (χ2n) is 5.67. The van der Waals surface area contributed by atoms with Gasteiger partial charge in [-0.05, 0) is 48.9 Å². The lowest BCUT2D eigenvalue weighted by Crippen LogP contribution is -2.27. The monoisotopic (exact) mass is 233 g/mol. The van der Waals surface area contributed by atoms with Crippen LogP contribution < -0.4 is 5.32 Å². The topological polar surface area (TPSA) is 12.0 Å². The zero-order valence-corrected chi connectivity index (χ0v) is 12.0. The molecule has 0 amide bonds. The SMILES string of the molecule is Cc1ccccc1C(C)C(C)CNCC(C)C. The van der Waals surface area contributed by atoms with Crippen LogP contribution in [0.4, 0.5) is 0 Å². The highest BCUT2D eigenvalue weighted by Crippen LogP contribution is 2.26. The summed E-state index contributed by atoms with van der Waals surface area (Å²) in [6.45, 7) is 13.6. The van der Waals surface area contributed by atoms with Crippen LogP contribution in [0, 0.1) is 18.8 Å². The van der Waals surface area contributed by atoms with Gasteiger partial charge in [0.15, 0.2) is 0 Å². The van der Waals surface area contributed by atoms with Crippen LogP contribution in [0.1, 0.15) is 44.7 Å². The lowest BCUT2D eigenvalue weighted by Gasteiger charge is -2.23. The van der Waals surface area contributed by atoms with Gasteiger partial charge >= 0.3 is 0 Å². The van der Waals surface area contributed by atoms with Crippen molar-refractivity contribution in [3.05, 3.63) is 35.4 Å². The minimum atomic E-state index is 0.621. The fraction of sp³-hybridized carbons (Fsp3) is 0.625. The van der Waals surface area contributed by atoms with Crippen molar-refractivity contribution in [3.8, 4) is 0 Å². The molecule has 1 heteroatoms. The molecule has 1 aromatic carbocycles. The summed E-state index contributed by atoms with van der Waals surface area (Å²) in [6, 6.07) is 8.74. The highest BCUT2D eigenvalue weighted by Gasteiger charge is 2.15. The van der Waals surface area contributed by atoms with Crippen molar-refractivity contribution in [1.82, 2.24) is 5.32 Å². The van der Waals surface area contributed by atoms with Gasteiger partial charge in [0.1, 0.15) is 0 Å². The third kappa shape index (κ3) is 4.51. The number of rotatable bonds is 6. The number of benzene rings is 1. The molecule has 0 spiro atoms. The molecule has 0 aliphatic carbocycles. The maximum Gasteiger partial charge on any atom is -0.00173 e. The Kier molecular flexibility index (Phi) is 5.70. The average molecular weight is 233 g/mol. The minimum absolute atomic E-state index is 0.621. The molecule has 1 N–H and O–H groups in total. The summed E-state index contributed by atoms with van der Waals surface area (Å²) < 4.78 is 0. The molecule has 0 aliphatic rings. The van der Waals surface area contributed by atoms with Gasteiger partial charge in [0.2, 0.25) is 0 Å². The molecular weight excluding hydrogens is 206 g/mol. The Balaban J connectivity index is 2.52. The second kappa shape index (κ2) is 6.80. The van der Waals surface area contributed by atoms with Crippen LogP contribution >= 0.6 is 0 Å². The van der Waals surface area contributed by atoms with E-state index >= 15 is 0 Å². The Labute approximate surface area is 107 Å². The maximum atomic E-state index is 3.55. The Morgan fingerprint density at radius 1 is 1.00 bits per heavy atom. The molecule has 0 fully saturated rings. The van der Waals surface area contributed by atoms with E-state index in [9.17, 15) is 0 Å². The molecule has 0 bridgehead atoms. The Morgan fingerprint density at radius 3 is 2.24 bits per heavy atom. The van der Waals surface area contributed by atoms with Crippen molar-refractivity contribution in [3.63, 3.8) is 0 Å². The molecule has 1 aromatic rings. The highest BCUT2D eigenvalue weighted by atomic mass is 14.9. The van der Waals surface area contributed by atoms with Crippen LogP contribution in [0.15, 0.2) is 24.3 Å². The lowest BCUT2D eigenvalue weighted by atomic mass is 9.86. The van der Waals surface area contributed by atoms with E-state index in [-0.39, 0.29) is 0 Å². The van der Waals surface area contributed by atoms with E-state index in [0.29, 0.717) is 11.8 Å². The number of hydrogen-bond acceptors (Lipinski definition) is 1. The summed E-state index contributed by atoms with van der Waals surface area (Å²) in [6.07, 6.45) is 0. The normalized spacial score (nSPS) is 14.9. The van der Waals surface area contributed by atoms with Crippen molar-refractivity contribution >= 4 is 0 Å². The molecule has 0 radical (unpaired) electrons. The van der Waals surface area contributed by atoms with E-state index < -0.39 is 0 Å². The van der Waals surface area contributed by atoms with Crippen LogP contribution in [0.25, 0.3) is 0 Å². The van der Waals surface area contributed by atoms with E-state index in [1.54, 1.807) is 0 Å². The van der Waals surface area contributed by atoms with Crippen LogP contribution in [-0.2, 0) is 0 Å². The lowest BCUT2D eigenvalue weighted by molar-refractivity contribution is 0.427. The predicted octanol–water partition coefficient (Wildman–Crippen LogP) is 3.98. The van der Waals surface area contributed by atoms with Gasteiger partial charge in [0, 0.05) is 0 Å². The fourth-order valence-electron chi connectivity index (χ4n) is 2.18. The van der Waals surface area contributed by atoms with Gasteiger partial charge in [-0.2, -0.15) is 0 Å². The van der Waals surface area contributed by atoms with Gasteiger partial charge in [-0.15, -0.1) is 0 Å². The van der Waals surface area contributed by atoms with Crippen molar-refractivity contribution in [1.29, 1.82) is 0 Å². The van der Waals surface area contributed by atoms with Crippen LogP contribution in [-0.4, -0.2) is 13.1 Å². The van der Waals surface area contributed by atoms with E-state index in [4.69, 9.17) is 0 Å². The average Bonchev–Trinajstić information content (AvgIpc) is 2.28. The molecule has 2 atom stereocenters. The Hall–Kier alpha value is -0.820. The van der Waals surface area contributed by atoms with Crippen LogP contribution in [0.3, 0.4) is 0 Å². The number of aryl methyl sites for hydroxylation is 1. The predicted molar refractivity (Wildman–Crippen MR) is 76.5 cm³/mol. The van der Waals surface area contributed by atoms with Gasteiger partial charge in [-0.3, -0.25) is 0 Å². The van der Waals surface area contributed by atoms with Crippen molar-refractivity contribution in [2.75, 3.05) is 13.1 Å². The Bertz CT molecular complexity index is 330. The molecule has 2 unspecified atom stereocenters. The maximum absolute atomic E-state index is 3.55. The van der Waals surface area contributed by atoms with Crippen LogP contribution in [0.5, 0.6) is 0 Å². The first kappa shape index (κ1) is 14.2. The van der Waals surface area contributed by atoms with Crippen molar-refractivity contribution < 1.29 is 0 Å². The molecule has 1 nitrogen and oxygen atoms in total. The van der Waals surface area contributed by atoms with E-state index in [2.05, 4.69) is 64.2 Å². The van der Waals surface area contributed by atoms with E-state index in [1.165, 1.54) is 11.1 Å². The zero-order chi connectivity index (χ0) is 12.8. The first-order chi connectivity index (χ1) is 8.02. The van der Waals surface area contributed by atoms with Gasteiger partial charge in [0.05, 0.1) is 0 Å². The number of hydrogen-bond donors (Lipinski definition) is 1. The summed E-state index contributed by atoms with van der Waals surface area (Å²) >= 11 is 0. The molecule has 0 aromatic heterocycles. The minimum Gasteiger partial charge on any atom is -0.316 e. The summed E-state index contributed by atoms with van der Waals surface area (Å²) in [4.78, 5) is 0. The van der Waals surface area contributed by atoms with Crippen LogP contribution in [0.2, 0.25) is 0 Å². The fourth-order valence-corrected chi connectivity index (χ4v) is 2.18. The Morgan fingerprint density at radius 2 is 1.65 bits per heavy atom. The quantitative estimate of drug-likeness (QED) is 0.783. The highest BCUT2D eigenvalue weighted by molar-refractivity contribution is 5.29. The second-order valence-corrected chi connectivity index (χ2v) is 5.67. The molecule has 1 rings (SSSR count). The summed E-state index contributed by atoms with van der Waals surface area (Å²) in [5.41, 5.74) is 2.90. The van der Waals surface area contributed by atoms with E-state index in [1.807, 2.05) is 0 Å². The molecule has 96 valence electrons. The third-order valence-corrected chi connectivity index (χ3v) is 3.55. The molecular formula is C16H27N. The largest absolute Gasteiger partial charge is 0.316 e. The molecule has 0 saturated carbocycles. The molecule has 0 saturated heterocycles. The van der Waals surface area contributed by atoms with Gasteiger partial charge in [-0.1, -0.05) is 52.0 Å². The standard InChI is InChI=1S/C16H27N/c1-12(2)10-17-11-14(4)15(5)16-9-7-6-8-13(16)3/h6-9,12,14-15,17H,10-11H2,1-5H3. The first-order valence-corrected chi connectivity index (χ1v) is 6.78. The van der Waals surface area contributed by atoms with Gasteiger partial charge in [0.25, 0.3) is 0 Å². The number of nitrogens with one attached hydrogen (secondary N) is 1. The van der Waals surface area contributed by atoms with E-state index in [0.717, 1.165) is 19.0 Å². The summed E-state index contributed by atoms with van der Waals surface area (Å²) in [5, 5.41) is 3.55. The zero-order valence-electron chi connectivity index (χ0n) is 12.0. The summed E-state index contributed by atoms with van der Waals surface area (Å²) in [5.74, 6) is 2.03. The molecule has 0 aliphatic heterocycles. The molecule has 17 heavy (non-hydrogen) atoms. The smallest absolute Gasteiger partial charge is 0.00173 e. The first-order valence-electron chi connectivity index (χ1n) is 6.78.